The van der Waals surface area contributed by atoms with Crippen molar-refractivity contribution < 1.29 is 81.4 Å². The molecular weight excluding hydrogens is 1020 g/mol. The Kier molecular flexibility index (Phi) is 102. The molecule has 1 saturated carbocycles. The first-order valence-electron chi connectivity index (χ1n) is 22.4. The summed E-state index contributed by atoms with van der Waals surface area (Å²) in [5.74, 6) is -1.44. The highest BCUT2D eigenvalue weighted by atomic mass is 35.6. The number of primary amides is 1. The van der Waals surface area contributed by atoms with E-state index in [4.69, 9.17) is 55.2 Å². The number of hydrogen-bond acceptors (Lipinski definition) is 14. The summed E-state index contributed by atoms with van der Waals surface area (Å²) in [5, 5.41) is 40.7. The fraction of sp³-hybridized carbons (Fsp3) is 0.674. The molecular formula is C43H92Cl3N7O17S. The first-order chi connectivity index (χ1) is 33.1. The molecule has 0 aliphatic heterocycles. The third-order valence-corrected chi connectivity index (χ3v) is 6.54. The number of nitrogens with two attached hydrogens (primary N) is 1. The molecule has 1 fully saturated rings. The number of carboxylic acid groups (broad SMARTS) is 4. The lowest BCUT2D eigenvalue weighted by Crippen LogP contribution is -2.37. The fourth-order valence-corrected chi connectivity index (χ4v) is 3.03. The highest BCUT2D eigenvalue weighted by Gasteiger charge is 2.31. The van der Waals surface area contributed by atoms with Gasteiger partial charge in [0.25, 0.3) is 19.7 Å². The standard InChI is InChI=1S/C7H7NO4S.C5H12N2O2.C5H11NO2.C4H7NO2.C3H2Cl3NO3.C3H6O2.C2H5NO2.7C2H6/c9-7(10)8-13(11,12)6-4-2-1-3-5-6;1-7(2)4-3-6-5(8)9;1-3-4-6-5(7)8-2;6-4(7)5-3-1-2-3;4-3(5,6)1(8)7-2(9)10;1-3(4)5-2;1-5-2(3)4;7*1-2/h1-5,8H,(H,9,10);6H,3-4H2,1-2H3,(H,8,9);3-4H2,1-2H3,(H,6,7);3,5H,1-2H2,(H,6,7);(H,7,8)(H,9,10);1-2H3;1H3,(H2,3,4);7*1-2H3. The second kappa shape index (κ2) is 76.3. The normalized spacial score (nSPS) is 9.03. The third-order valence-electron chi connectivity index (χ3n) is 4.69. The van der Waals surface area contributed by atoms with Crippen LogP contribution in [0.2, 0.25) is 0 Å². The Balaban J connectivity index is -0.0000000557. The molecule has 7 amide bonds. The summed E-state index contributed by atoms with van der Waals surface area (Å²) in [4.78, 5) is 80.9. The van der Waals surface area contributed by atoms with E-state index in [0.29, 0.717) is 13.1 Å². The van der Waals surface area contributed by atoms with Gasteiger partial charge >= 0.3 is 42.5 Å². The minimum absolute atomic E-state index is 0.0719. The van der Waals surface area contributed by atoms with E-state index in [2.05, 4.69) is 35.9 Å². The Morgan fingerprint density at radius 3 is 1.24 bits per heavy atom. The zero-order valence-corrected chi connectivity index (χ0v) is 49.0. The SMILES string of the molecule is CC.CC.CC.CC.CC.CC.CC.CCCNC(=O)OC.CN(C)CCNC(=O)O.COC(C)=O.COC(N)=O.O=C(O)NC(=O)C(Cl)(Cl)Cl.O=C(O)NC1CC1.O=C(O)NS(=O)(=O)c1ccccc1. The lowest BCUT2D eigenvalue weighted by molar-refractivity contribution is -0.138. The maximum atomic E-state index is 11.2. The molecule has 1 aromatic carbocycles. The zero-order chi connectivity index (χ0) is 59.8. The maximum Gasteiger partial charge on any atom is 0.418 e. The second-order valence-electron chi connectivity index (χ2n) is 9.88. The molecule has 0 aromatic heterocycles. The van der Waals surface area contributed by atoms with E-state index in [0.717, 1.165) is 25.8 Å². The minimum atomic E-state index is -3.91. The number of methoxy groups -OCH3 is 3. The molecule has 0 saturated heterocycles. The first kappa shape index (κ1) is 95.4. The molecule has 0 atom stereocenters. The molecule has 428 valence electrons. The number of nitrogens with one attached hydrogen (secondary N) is 5. The zero-order valence-electron chi connectivity index (χ0n) is 45.9. The Morgan fingerprint density at radius 2 is 1.04 bits per heavy atom. The molecule has 1 aliphatic rings. The van der Waals surface area contributed by atoms with Crippen LogP contribution >= 0.6 is 34.8 Å². The average Bonchev–Trinajstić information content (AvgIpc) is 4.16. The molecule has 0 heterocycles. The van der Waals surface area contributed by atoms with Crippen molar-refractivity contribution in [2.45, 2.75) is 145 Å². The number of benzene rings is 1. The molecule has 0 bridgehead atoms. The predicted molar refractivity (Wildman–Crippen MR) is 284 cm³/mol. The van der Waals surface area contributed by atoms with Crippen LogP contribution in [0.3, 0.4) is 0 Å². The molecule has 28 heteroatoms. The van der Waals surface area contributed by atoms with Gasteiger partial charge < -0.3 is 61.2 Å². The van der Waals surface area contributed by atoms with Gasteiger partial charge in [-0.3, -0.25) is 14.9 Å². The lowest BCUT2D eigenvalue weighted by atomic mass is 10.4. The van der Waals surface area contributed by atoms with Crippen LogP contribution in [0.4, 0.5) is 28.8 Å². The number of hydrogen-bond donors (Lipinski definition) is 10. The van der Waals surface area contributed by atoms with Crippen LogP contribution in [0.15, 0.2) is 35.2 Å². The average molecular weight is 1120 g/mol. The van der Waals surface area contributed by atoms with Crippen molar-refractivity contribution in [1.82, 2.24) is 30.9 Å². The quantitative estimate of drug-likeness (QED) is 0.0657. The van der Waals surface area contributed by atoms with Gasteiger partial charge in [0.05, 0.1) is 26.2 Å². The lowest BCUT2D eigenvalue weighted by Gasteiger charge is -2.07. The van der Waals surface area contributed by atoms with E-state index in [-0.39, 0.29) is 23.0 Å². The number of amides is 7. The number of ether oxygens (including phenoxy) is 3. The predicted octanol–water partition coefficient (Wildman–Crippen LogP) is 9.85. The molecule has 2 rings (SSSR count). The van der Waals surface area contributed by atoms with E-state index in [1.165, 1.54) is 62.6 Å². The number of rotatable bonds is 8. The summed E-state index contributed by atoms with van der Waals surface area (Å²) in [6.45, 7) is 33.3. The number of carbonyl (C=O) groups excluding carboxylic acids is 4. The van der Waals surface area contributed by atoms with E-state index in [9.17, 15) is 46.8 Å². The van der Waals surface area contributed by atoms with E-state index in [1.807, 2.05) is 123 Å². The molecule has 24 nitrogen and oxygen atoms in total. The number of halogens is 3. The van der Waals surface area contributed by atoms with Gasteiger partial charge in [0, 0.05) is 32.6 Å². The molecule has 1 aliphatic carbocycles. The largest absolute Gasteiger partial charge is 0.469 e. The third kappa shape index (κ3) is 117. The topological polar surface area (TPSA) is 369 Å². The van der Waals surface area contributed by atoms with Crippen molar-refractivity contribution in [3.05, 3.63) is 30.3 Å². The molecule has 11 N–H and O–H groups in total. The van der Waals surface area contributed by atoms with Crippen molar-refractivity contribution in [2.24, 2.45) is 5.73 Å². The minimum Gasteiger partial charge on any atom is -0.469 e. The van der Waals surface area contributed by atoms with Crippen LogP contribution in [0.25, 0.3) is 0 Å². The molecule has 1 aromatic rings. The summed E-state index contributed by atoms with van der Waals surface area (Å²) in [5.41, 5.74) is 4.43. The smallest absolute Gasteiger partial charge is 0.418 e. The van der Waals surface area contributed by atoms with Gasteiger partial charge in [0.15, 0.2) is 0 Å². The van der Waals surface area contributed by atoms with E-state index in [1.54, 1.807) is 6.07 Å². The Bertz CT molecular complexity index is 1450. The van der Waals surface area contributed by atoms with E-state index >= 15 is 0 Å². The van der Waals surface area contributed by atoms with Crippen LogP contribution in [0, 0.1) is 0 Å². The number of alkyl carbamates (subject to hydrolysis) is 1. The number of carbonyl (C=O) groups is 8. The number of sulfonamides is 1. The van der Waals surface area contributed by atoms with Crippen LogP contribution < -0.4 is 31.7 Å². The Hall–Kier alpha value is -5.24. The molecule has 0 unspecified atom stereocenters. The summed E-state index contributed by atoms with van der Waals surface area (Å²) in [6, 6.07) is 7.56. The van der Waals surface area contributed by atoms with E-state index < -0.39 is 50.2 Å². The summed E-state index contributed by atoms with van der Waals surface area (Å²) < 4.78 is 33.8. The summed E-state index contributed by atoms with van der Waals surface area (Å²) in [6.07, 6.45) is -3.13. The van der Waals surface area contributed by atoms with Crippen molar-refractivity contribution in [3.8, 4) is 0 Å². The number of imide groups is 1. The van der Waals surface area contributed by atoms with Crippen LogP contribution in [-0.4, -0.2) is 147 Å². The summed E-state index contributed by atoms with van der Waals surface area (Å²) in [7, 11) is 3.80. The highest BCUT2D eigenvalue weighted by molar-refractivity contribution is 7.90. The van der Waals surface area contributed by atoms with Crippen molar-refractivity contribution >= 4 is 93.3 Å². The molecule has 0 spiro atoms. The monoisotopic (exact) mass is 1120 g/mol. The molecule has 0 radical (unpaired) electrons. The Labute approximate surface area is 439 Å². The van der Waals surface area contributed by atoms with Crippen molar-refractivity contribution in [2.75, 3.05) is 55.1 Å². The van der Waals surface area contributed by atoms with Gasteiger partial charge in [0.2, 0.25) is 0 Å². The number of nitrogens with zero attached hydrogens (tertiary/aromatic N) is 1. The first-order valence-corrected chi connectivity index (χ1v) is 25.0. The molecule has 71 heavy (non-hydrogen) atoms. The van der Waals surface area contributed by atoms with Crippen molar-refractivity contribution in [1.29, 1.82) is 0 Å². The number of esters is 1. The second-order valence-corrected chi connectivity index (χ2v) is 13.8. The van der Waals surface area contributed by atoms with Crippen LogP contribution in [0.5, 0.6) is 0 Å². The van der Waals surface area contributed by atoms with Crippen LogP contribution in [0.1, 0.15) is 130 Å². The van der Waals surface area contributed by atoms with Crippen molar-refractivity contribution in [3.63, 3.8) is 0 Å². The van der Waals surface area contributed by atoms with Gasteiger partial charge in [-0.25, -0.2) is 41.9 Å². The fourth-order valence-electron chi connectivity index (χ4n) is 2.03. The highest BCUT2D eigenvalue weighted by Crippen LogP contribution is 2.25. The van der Waals surface area contributed by atoms with Gasteiger partial charge in [0.1, 0.15) is 0 Å². The summed E-state index contributed by atoms with van der Waals surface area (Å²) >= 11 is 14.9. The Morgan fingerprint density at radius 1 is 0.662 bits per heavy atom. The number of alkyl halides is 3. The van der Waals surface area contributed by atoms with Gasteiger partial charge in [-0.15, -0.1) is 0 Å². The van der Waals surface area contributed by atoms with Gasteiger partial charge in [-0.1, -0.05) is 157 Å². The van der Waals surface area contributed by atoms with Gasteiger partial charge in [-0.2, -0.15) is 0 Å². The van der Waals surface area contributed by atoms with Crippen LogP contribution in [-0.2, 0) is 33.8 Å². The van der Waals surface area contributed by atoms with Gasteiger partial charge in [-0.05, 0) is 45.5 Å². The maximum absolute atomic E-state index is 11.2. The number of likely N-dealkylation sites (N-methyl/N-ethyl adjacent to an activating group) is 1.